The molecular formula is C12H19N3O2. The number of carboxylic acid groups (broad SMARTS) is 1. The molecule has 1 heterocycles. The fourth-order valence-electron chi connectivity index (χ4n) is 1.85. The molecule has 0 spiro atoms. The summed E-state index contributed by atoms with van der Waals surface area (Å²) in [7, 11) is 0. The fraction of sp³-hybridized carbons (Fsp3) is 0.500. The SMILES string of the molecule is CC(C)(C)N(C(=O)O)C(CN)c1cccnc1. The Bertz CT molecular complexity index is 373. The number of rotatable bonds is 3. The summed E-state index contributed by atoms with van der Waals surface area (Å²) in [4.78, 5) is 16.7. The molecule has 0 saturated carbocycles. The average Bonchev–Trinajstić information content (AvgIpc) is 2.24. The van der Waals surface area contributed by atoms with Crippen molar-refractivity contribution < 1.29 is 9.90 Å². The molecular weight excluding hydrogens is 218 g/mol. The highest BCUT2D eigenvalue weighted by atomic mass is 16.4. The van der Waals surface area contributed by atoms with Gasteiger partial charge in [0.2, 0.25) is 0 Å². The van der Waals surface area contributed by atoms with Crippen LogP contribution in [0.15, 0.2) is 24.5 Å². The number of aromatic nitrogens is 1. The number of amides is 1. The maximum Gasteiger partial charge on any atom is 0.408 e. The highest BCUT2D eigenvalue weighted by molar-refractivity contribution is 5.67. The minimum absolute atomic E-state index is 0.231. The summed E-state index contributed by atoms with van der Waals surface area (Å²) in [6.07, 6.45) is 2.33. The molecule has 0 aliphatic carbocycles. The summed E-state index contributed by atoms with van der Waals surface area (Å²) in [5, 5.41) is 9.32. The molecule has 3 N–H and O–H groups in total. The van der Waals surface area contributed by atoms with E-state index in [9.17, 15) is 9.90 Å². The van der Waals surface area contributed by atoms with E-state index < -0.39 is 11.6 Å². The zero-order chi connectivity index (χ0) is 13.1. The van der Waals surface area contributed by atoms with Gasteiger partial charge in [-0.3, -0.25) is 9.88 Å². The molecule has 0 aliphatic rings. The van der Waals surface area contributed by atoms with E-state index in [-0.39, 0.29) is 12.6 Å². The van der Waals surface area contributed by atoms with Crippen molar-refractivity contribution in [3.63, 3.8) is 0 Å². The zero-order valence-corrected chi connectivity index (χ0v) is 10.4. The fourth-order valence-corrected chi connectivity index (χ4v) is 1.85. The Balaban J connectivity index is 3.11. The number of hydrogen-bond acceptors (Lipinski definition) is 3. The molecule has 17 heavy (non-hydrogen) atoms. The molecule has 1 rings (SSSR count). The van der Waals surface area contributed by atoms with Gasteiger partial charge in [-0.25, -0.2) is 4.79 Å². The topological polar surface area (TPSA) is 79.5 Å². The van der Waals surface area contributed by atoms with E-state index in [0.29, 0.717) is 0 Å². The second-order valence-electron chi connectivity index (χ2n) is 4.86. The summed E-state index contributed by atoms with van der Waals surface area (Å²) >= 11 is 0. The molecule has 0 bridgehead atoms. The molecule has 1 unspecified atom stereocenters. The van der Waals surface area contributed by atoms with Crippen LogP contribution in [-0.2, 0) is 0 Å². The molecule has 1 aromatic rings. The van der Waals surface area contributed by atoms with Gasteiger partial charge in [-0.05, 0) is 32.4 Å². The molecule has 5 nitrogen and oxygen atoms in total. The Morgan fingerprint density at radius 3 is 2.59 bits per heavy atom. The van der Waals surface area contributed by atoms with Crippen LogP contribution in [0.4, 0.5) is 4.79 Å². The predicted octanol–water partition coefficient (Wildman–Crippen LogP) is 1.86. The largest absolute Gasteiger partial charge is 0.465 e. The van der Waals surface area contributed by atoms with Gasteiger partial charge in [0, 0.05) is 24.5 Å². The second-order valence-corrected chi connectivity index (χ2v) is 4.86. The van der Waals surface area contributed by atoms with Crippen molar-refractivity contribution >= 4 is 6.09 Å². The van der Waals surface area contributed by atoms with Gasteiger partial charge < -0.3 is 10.8 Å². The number of pyridine rings is 1. The summed E-state index contributed by atoms with van der Waals surface area (Å²) in [6.45, 7) is 5.77. The predicted molar refractivity (Wildman–Crippen MR) is 65.6 cm³/mol. The Morgan fingerprint density at radius 2 is 2.24 bits per heavy atom. The van der Waals surface area contributed by atoms with Gasteiger partial charge in [-0.1, -0.05) is 6.07 Å². The minimum Gasteiger partial charge on any atom is -0.465 e. The molecule has 1 amide bonds. The average molecular weight is 237 g/mol. The number of hydrogen-bond donors (Lipinski definition) is 2. The van der Waals surface area contributed by atoms with E-state index in [0.717, 1.165) is 5.56 Å². The third-order valence-corrected chi connectivity index (χ3v) is 2.53. The smallest absolute Gasteiger partial charge is 0.408 e. The Morgan fingerprint density at radius 1 is 1.59 bits per heavy atom. The molecule has 0 aliphatic heterocycles. The summed E-state index contributed by atoms with van der Waals surface area (Å²) in [6, 6.07) is 3.24. The van der Waals surface area contributed by atoms with Crippen molar-refractivity contribution in [1.29, 1.82) is 0 Å². The van der Waals surface area contributed by atoms with Gasteiger partial charge in [0.1, 0.15) is 0 Å². The van der Waals surface area contributed by atoms with Gasteiger partial charge in [0.25, 0.3) is 0 Å². The summed E-state index contributed by atoms with van der Waals surface area (Å²) in [5.41, 5.74) is 6.01. The van der Waals surface area contributed by atoms with Crippen LogP contribution < -0.4 is 5.73 Å². The number of nitrogens with zero attached hydrogens (tertiary/aromatic N) is 2. The van der Waals surface area contributed by atoms with E-state index in [2.05, 4.69) is 4.98 Å². The lowest BCUT2D eigenvalue weighted by molar-refractivity contribution is 0.0720. The molecule has 94 valence electrons. The number of carbonyl (C=O) groups is 1. The first-order valence-corrected chi connectivity index (χ1v) is 5.50. The van der Waals surface area contributed by atoms with Crippen LogP contribution in [0.25, 0.3) is 0 Å². The second kappa shape index (κ2) is 5.14. The third-order valence-electron chi connectivity index (χ3n) is 2.53. The quantitative estimate of drug-likeness (QED) is 0.841. The van der Waals surface area contributed by atoms with Crippen LogP contribution in [0.2, 0.25) is 0 Å². The van der Waals surface area contributed by atoms with Gasteiger partial charge in [-0.2, -0.15) is 0 Å². The maximum atomic E-state index is 11.4. The number of nitrogens with two attached hydrogens (primary N) is 1. The van der Waals surface area contributed by atoms with Gasteiger partial charge in [-0.15, -0.1) is 0 Å². The Kier molecular flexibility index (Phi) is 4.07. The van der Waals surface area contributed by atoms with Crippen molar-refractivity contribution in [3.05, 3.63) is 30.1 Å². The van der Waals surface area contributed by atoms with E-state index in [1.807, 2.05) is 26.8 Å². The van der Waals surface area contributed by atoms with Crippen molar-refractivity contribution in [2.75, 3.05) is 6.54 Å². The lowest BCUT2D eigenvalue weighted by Crippen LogP contribution is -2.49. The van der Waals surface area contributed by atoms with Crippen LogP contribution in [0.3, 0.4) is 0 Å². The molecule has 1 atom stereocenters. The normalized spacial score (nSPS) is 13.2. The summed E-state index contributed by atoms with van der Waals surface area (Å²) < 4.78 is 0. The third kappa shape index (κ3) is 3.17. The van der Waals surface area contributed by atoms with E-state index in [1.165, 1.54) is 4.90 Å². The minimum atomic E-state index is -0.975. The van der Waals surface area contributed by atoms with Crippen molar-refractivity contribution in [1.82, 2.24) is 9.88 Å². The molecule has 0 fully saturated rings. The lowest BCUT2D eigenvalue weighted by Gasteiger charge is -2.39. The first-order valence-electron chi connectivity index (χ1n) is 5.50. The van der Waals surface area contributed by atoms with Gasteiger partial charge >= 0.3 is 6.09 Å². The van der Waals surface area contributed by atoms with Crippen LogP contribution in [0.5, 0.6) is 0 Å². The molecule has 0 saturated heterocycles. The van der Waals surface area contributed by atoms with Crippen molar-refractivity contribution in [2.45, 2.75) is 32.4 Å². The maximum absolute atomic E-state index is 11.4. The molecule has 0 radical (unpaired) electrons. The molecule has 5 heteroatoms. The van der Waals surface area contributed by atoms with E-state index in [4.69, 9.17) is 5.73 Å². The van der Waals surface area contributed by atoms with Crippen molar-refractivity contribution in [3.8, 4) is 0 Å². The Hall–Kier alpha value is -1.62. The van der Waals surface area contributed by atoms with Crippen LogP contribution in [-0.4, -0.2) is 33.2 Å². The standard InChI is InChI=1S/C12H19N3O2/c1-12(2,3)15(11(16)17)10(7-13)9-5-4-6-14-8-9/h4-6,8,10H,7,13H2,1-3H3,(H,16,17). The molecule has 1 aromatic heterocycles. The Labute approximate surface area is 101 Å². The lowest BCUT2D eigenvalue weighted by atomic mass is 9.99. The van der Waals surface area contributed by atoms with Crippen LogP contribution >= 0.6 is 0 Å². The first kappa shape index (κ1) is 13.4. The molecule has 0 aromatic carbocycles. The van der Waals surface area contributed by atoms with Gasteiger partial charge in [0.05, 0.1) is 6.04 Å². The van der Waals surface area contributed by atoms with Crippen molar-refractivity contribution in [2.24, 2.45) is 5.73 Å². The van der Waals surface area contributed by atoms with Crippen LogP contribution in [0, 0.1) is 0 Å². The van der Waals surface area contributed by atoms with E-state index >= 15 is 0 Å². The summed E-state index contributed by atoms with van der Waals surface area (Å²) in [5.74, 6) is 0. The van der Waals surface area contributed by atoms with Gasteiger partial charge in [0.15, 0.2) is 0 Å². The highest BCUT2D eigenvalue weighted by Gasteiger charge is 2.33. The first-order chi connectivity index (χ1) is 7.88. The highest BCUT2D eigenvalue weighted by Crippen LogP contribution is 2.27. The van der Waals surface area contributed by atoms with Crippen LogP contribution in [0.1, 0.15) is 32.4 Å². The monoisotopic (exact) mass is 237 g/mol. The van der Waals surface area contributed by atoms with E-state index in [1.54, 1.807) is 18.5 Å². The zero-order valence-electron chi connectivity index (χ0n) is 10.4.